The monoisotopic (exact) mass is 258 g/mol. The molecule has 0 aliphatic carbocycles. The van der Waals surface area contributed by atoms with Gasteiger partial charge in [0.25, 0.3) is 0 Å². The minimum Gasteiger partial charge on any atom is -0.117 e. The molecule has 0 heterocycles. The molecule has 0 saturated carbocycles. The van der Waals surface area contributed by atoms with Crippen LogP contribution < -0.4 is 0 Å². The van der Waals surface area contributed by atoms with Crippen molar-refractivity contribution in [1.29, 1.82) is 0 Å². The number of rotatable bonds is 3. The first-order valence-corrected chi connectivity index (χ1v) is 6.76. The van der Waals surface area contributed by atoms with Crippen LogP contribution in [-0.2, 0) is 6.42 Å². The fourth-order valence-corrected chi connectivity index (χ4v) is 2.66. The lowest BCUT2D eigenvalue weighted by Gasteiger charge is -2.12. The Labute approximate surface area is 115 Å². The smallest absolute Gasteiger partial charge is 0.0625 e. The summed E-state index contributed by atoms with van der Waals surface area (Å²) in [4.78, 5) is 0. The van der Waals surface area contributed by atoms with E-state index in [-0.39, 0.29) is 5.38 Å². The van der Waals surface area contributed by atoms with Crippen LogP contribution in [0.25, 0.3) is 0 Å². The van der Waals surface area contributed by atoms with Gasteiger partial charge in [-0.2, -0.15) is 0 Å². The second-order valence-electron chi connectivity index (χ2n) is 5.08. The molecule has 1 atom stereocenters. The number of alkyl halides is 1. The third kappa shape index (κ3) is 3.36. The van der Waals surface area contributed by atoms with Crippen LogP contribution in [-0.4, -0.2) is 0 Å². The van der Waals surface area contributed by atoms with Gasteiger partial charge in [-0.1, -0.05) is 59.2 Å². The van der Waals surface area contributed by atoms with Crippen molar-refractivity contribution >= 4 is 11.6 Å². The van der Waals surface area contributed by atoms with Crippen molar-refractivity contribution in [2.24, 2.45) is 0 Å². The van der Waals surface area contributed by atoms with E-state index >= 15 is 0 Å². The SMILES string of the molecule is Cc1cccc(CC(Cl)c2cc(C)cc(C)c2)c1. The zero-order valence-corrected chi connectivity index (χ0v) is 12.0. The van der Waals surface area contributed by atoms with Gasteiger partial charge in [-0.3, -0.25) is 0 Å². The van der Waals surface area contributed by atoms with Gasteiger partial charge in [0, 0.05) is 0 Å². The van der Waals surface area contributed by atoms with Gasteiger partial charge in [-0.05, 0) is 38.3 Å². The highest BCUT2D eigenvalue weighted by atomic mass is 35.5. The zero-order chi connectivity index (χ0) is 13.1. The highest BCUT2D eigenvalue weighted by molar-refractivity contribution is 6.20. The van der Waals surface area contributed by atoms with E-state index in [1.165, 1.54) is 27.8 Å². The second-order valence-corrected chi connectivity index (χ2v) is 5.61. The highest BCUT2D eigenvalue weighted by Gasteiger charge is 2.10. The van der Waals surface area contributed by atoms with Crippen molar-refractivity contribution in [3.8, 4) is 0 Å². The fraction of sp³-hybridized carbons (Fsp3) is 0.294. The Hall–Kier alpha value is -1.27. The molecule has 1 unspecified atom stereocenters. The van der Waals surface area contributed by atoms with Gasteiger partial charge < -0.3 is 0 Å². The molecule has 0 radical (unpaired) electrons. The number of aryl methyl sites for hydroxylation is 3. The van der Waals surface area contributed by atoms with Crippen molar-refractivity contribution in [1.82, 2.24) is 0 Å². The molecule has 18 heavy (non-hydrogen) atoms. The van der Waals surface area contributed by atoms with Crippen LogP contribution in [0.15, 0.2) is 42.5 Å². The lowest BCUT2D eigenvalue weighted by Crippen LogP contribution is -1.97. The molecule has 0 saturated heterocycles. The number of hydrogen-bond donors (Lipinski definition) is 0. The molecule has 0 bridgehead atoms. The Morgan fingerprint density at radius 3 is 2.17 bits per heavy atom. The average molecular weight is 259 g/mol. The first-order valence-electron chi connectivity index (χ1n) is 6.32. The van der Waals surface area contributed by atoms with Crippen LogP contribution in [0, 0.1) is 20.8 Å². The summed E-state index contributed by atoms with van der Waals surface area (Å²) in [6.07, 6.45) is 0.881. The van der Waals surface area contributed by atoms with Crippen molar-refractivity contribution in [3.05, 3.63) is 70.3 Å². The van der Waals surface area contributed by atoms with Crippen LogP contribution in [0.5, 0.6) is 0 Å². The maximum Gasteiger partial charge on any atom is 0.0625 e. The van der Waals surface area contributed by atoms with Crippen LogP contribution in [0.4, 0.5) is 0 Å². The second kappa shape index (κ2) is 5.58. The summed E-state index contributed by atoms with van der Waals surface area (Å²) in [5.41, 5.74) is 6.36. The summed E-state index contributed by atoms with van der Waals surface area (Å²) in [6.45, 7) is 6.35. The van der Waals surface area contributed by atoms with Gasteiger partial charge >= 0.3 is 0 Å². The molecule has 2 aromatic rings. The van der Waals surface area contributed by atoms with Crippen LogP contribution >= 0.6 is 11.6 Å². The maximum absolute atomic E-state index is 6.54. The molecule has 0 fully saturated rings. The summed E-state index contributed by atoms with van der Waals surface area (Å²) in [6, 6.07) is 15.1. The van der Waals surface area contributed by atoms with Crippen molar-refractivity contribution in [2.45, 2.75) is 32.6 Å². The minimum atomic E-state index is 0.0467. The Morgan fingerprint density at radius 2 is 1.56 bits per heavy atom. The summed E-state index contributed by atoms with van der Waals surface area (Å²) >= 11 is 6.54. The quantitative estimate of drug-likeness (QED) is 0.669. The van der Waals surface area contributed by atoms with Crippen LogP contribution in [0.3, 0.4) is 0 Å². The van der Waals surface area contributed by atoms with E-state index in [0.29, 0.717) is 0 Å². The van der Waals surface area contributed by atoms with E-state index in [0.717, 1.165) is 6.42 Å². The van der Waals surface area contributed by atoms with Crippen molar-refractivity contribution < 1.29 is 0 Å². The number of benzene rings is 2. The Morgan fingerprint density at radius 1 is 0.889 bits per heavy atom. The first-order chi connectivity index (χ1) is 8.54. The van der Waals surface area contributed by atoms with Crippen LogP contribution in [0.1, 0.15) is 33.2 Å². The Kier molecular flexibility index (Phi) is 4.08. The van der Waals surface area contributed by atoms with Gasteiger partial charge in [0.2, 0.25) is 0 Å². The lowest BCUT2D eigenvalue weighted by molar-refractivity contribution is 0.914. The molecule has 2 rings (SSSR count). The topological polar surface area (TPSA) is 0 Å². The van der Waals surface area contributed by atoms with Crippen LogP contribution in [0.2, 0.25) is 0 Å². The summed E-state index contributed by atoms with van der Waals surface area (Å²) in [5, 5.41) is 0.0467. The van der Waals surface area contributed by atoms with E-state index in [1.807, 2.05) is 0 Å². The molecule has 0 amide bonds. The average Bonchev–Trinajstić information content (AvgIpc) is 2.27. The third-order valence-corrected chi connectivity index (χ3v) is 3.51. The van der Waals surface area contributed by atoms with E-state index in [4.69, 9.17) is 11.6 Å². The molecule has 0 aromatic heterocycles. The summed E-state index contributed by atoms with van der Waals surface area (Å²) < 4.78 is 0. The molecule has 0 spiro atoms. The van der Waals surface area contributed by atoms with Gasteiger partial charge in [0.1, 0.15) is 0 Å². The largest absolute Gasteiger partial charge is 0.117 e. The Balaban J connectivity index is 2.19. The molecule has 94 valence electrons. The predicted molar refractivity (Wildman–Crippen MR) is 79.4 cm³/mol. The summed E-state index contributed by atoms with van der Waals surface area (Å²) in [5.74, 6) is 0. The summed E-state index contributed by atoms with van der Waals surface area (Å²) in [7, 11) is 0. The third-order valence-electron chi connectivity index (χ3n) is 3.10. The minimum absolute atomic E-state index is 0.0467. The molecular formula is C17H19Cl. The molecule has 2 aromatic carbocycles. The molecule has 1 heteroatoms. The molecular weight excluding hydrogens is 240 g/mol. The first kappa shape index (κ1) is 13.2. The van der Waals surface area contributed by atoms with E-state index in [9.17, 15) is 0 Å². The molecule has 0 nitrogen and oxygen atoms in total. The zero-order valence-electron chi connectivity index (χ0n) is 11.2. The van der Waals surface area contributed by atoms with Crippen molar-refractivity contribution in [3.63, 3.8) is 0 Å². The van der Waals surface area contributed by atoms with Gasteiger partial charge in [0.05, 0.1) is 5.38 Å². The van der Waals surface area contributed by atoms with Crippen molar-refractivity contribution in [2.75, 3.05) is 0 Å². The maximum atomic E-state index is 6.54. The molecule has 0 aliphatic rings. The lowest BCUT2D eigenvalue weighted by atomic mass is 9.99. The Bertz CT molecular complexity index is 523. The van der Waals surface area contributed by atoms with Gasteiger partial charge in [0.15, 0.2) is 0 Å². The molecule has 0 aliphatic heterocycles. The predicted octanol–water partition coefficient (Wildman–Crippen LogP) is 5.13. The standard InChI is InChI=1S/C17H19Cl/c1-12-5-4-6-15(8-12)11-17(18)16-9-13(2)7-14(3)10-16/h4-10,17H,11H2,1-3H3. The van der Waals surface area contributed by atoms with Gasteiger partial charge in [-0.15, -0.1) is 11.6 Å². The fourth-order valence-electron chi connectivity index (χ4n) is 2.35. The molecule has 0 N–H and O–H groups in total. The van der Waals surface area contributed by atoms with E-state index in [1.54, 1.807) is 0 Å². The van der Waals surface area contributed by atoms with E-state index < -0.39 is 0 Å². The number of hydrogen-bond acceptors (Lipinski definition) is 0. The normalized spacial score (nSPS) is 12.4. The van der Waals surface area contributed by atoms with Gasteiger partial charge in [-0.25, -0.2) is 0 Å². The van der Waals surface area contributed by atoms with E-state index in [2.05, 4.69) is 63.2 Å². The highest BCUT2D eigenvalue weighted by Crippen LogP contribution is 2.27. The number of halogens is 1.